The van der Waals surface area contributed by atoms with Gasteiger partial charge in [-0.05, 0) is 44.9 Å². The van der Waals surface area contributed by atoms with E-state index in [9.17, 15) is 4.79 Å². The second kappa shape index (κ2) is 11.8. The van der Waals surface area contributed by atoms with Crippen molar-refractivity contribution in [2.75, 3.05) is 0 Å². The summed E-state index contributed by atoms with van der Waals surface area (Å²) in [4.78, 5) is 15.1. The van der Waals surface area contributed by atoms with E-state index in [0.717, 1.165) is 19.4 Å². The van der Waals surface area contributed by atoms with E-state index in [-0.39, 0.29) is 11.4 Å². The van der Waals surface area contributed by atoms with Gasteiger partial charge in [0.15, 0.2) is 0 Å². The molecule has 0 atom stereocenters. The predicted octanol–water partition coefficient (Wildman–Crippen LogP) is 6.80. The maximum Gasteiger partial charge on any atom is 0.223 e. The van der Waals surface area contributed by atoms with Crippen molar-refractivity contribution in [3.63, 3.8) is 0 Å². The average molecular weight is 397 g/mol. The first-order chi connectivity index (χ1) is 13.9. The van der Waals surface area contributed by atoms with Gasteiger partial charge in [0.2, 0.25) is 5.91 Å². The van der Waals surface area contributed by atoms with Gasteiger partial charge in [0.25, 0.3) is 0 Å². The molecule has 2 aromatic rings. The lowest BCUT2D eigenvalue weighted by molar-refractivity contribution is -0.137. The molecule has 0 saturated heterocycles. The number of hydrogen-bond donors (Lipinski definition) is 0. The molecule has 1 aromatic heterocycles. The first-order valence-electron chi connectivity index (χ1n) is 11.4. The topological polar surface area (TPSA) is 25.2 Å². The molecular formula is C26H40N2O. The van der Waals surface area contributed by atoms with Gasteiger partial charge in [-0.3, -0.25) is 4.79 Å². The van der Waals surface area contributed by atoms with Crippen LogP contribution in [0.2, 0.25) is 0 Å². The molecule has 0 bridgehead atoms. The fourth-order valence-corrected chi connectivity index (χ4v) is 3.76. The number of carbonyl (C=O) groups is 1. The summed E-state index contributed by atoms with van der Waals surface area (Å²) in [7, 11) is 0. The fourth-order valence-electron chi connectivity index (χ4n) is 3.76. The van der Waals surface area contributed by atoms with E-state index in [1.54, 1.807) is 0 Å². The Morgan fingerprint density at radius 3 is 2.21 bits per heavy atom. The molecule has 0 fully saturated rings. The summed E-state index contributed by atoms with van der Waals surface area (Å²) >= 11 is 0. The van der Waals surface area contributed by atoms with Crippen LogP contribution in [0.15, 0.2) is 48.7 Å². The lowest BCUT2D eigenvalue weighted by Gasteiger charge is -2.36. The molecule has 0 aliphatic rings. The monoisotopic (exact) mass is 396 g/mol. The number of rotatable bonds is 12. The van der Waals surface area contributed by atoms with Crippen LogP contribution in [0.3, 0.4) is 0 Å². The summed E-state index contributed by atoms with van der Waals surface area (Å²) in [6.45, 7) is 10.2. The third-order valence-corrected chi connectivity index (χ3v) is 5.54. The molecule has 3 heteroatoms. The largest absolute Gasteiger partial charge is 0.345 e. The molecule has 160 valence electrons. The first kappa shape index (κ1) is 23.3. The van der Waals surface area contributed by atoms with Gasteiger partial charge in [-0.2, -0.15) is 0 Å². The van der Waals surface area contributed by atoms with Crippen molar-refractivity contribution >= 4 is 5.91 Å². The Labute approximate surface area is 178 Å². The van der Waals surface area contributed by atoms with Gasteiger partial charge in [0, 0.05) is 30.4 Å². The Morgan fingerprint density at radius 2 is 1.55 bits per heavy atom. The van der Waals surface area contributed by atoms with Crippen molar-refractivity contribution in [2.24, 2.45) is 0 Å². The van der Waals surface area contributed by atoms with Crippen LogP contribution >= 0.6 is 0 Å². The average Bonchev–Trinajstić information content (AvgIpc) is 3.12. The quantitative estimate of drug-likeness (QED) is 0.362. The van der Waals surface area contributed by atoms with Gasteiger partial charge < -0.3 is 9.47 Å². The minimum absolute atomic E-state index is 0.180. The number of benzene rings is 1. The number of amides is 1. The molecule has 3 nitrogen and oxygen atoms in total. The molecule has 1 aromatic carbocycles. The van der Waals surface area contributed by atoms with Crippen molar-refractivity contribution in [1.82, 2.24) is 9.47 Å². The number of carbonyl (C=O) groups excluding carboxylic acids is 1. The van der Waals surface area contributed by atoms with Gasteiger partial charge in [-0.25, -0.2) is 0 Å². The van der Waals surface area contributed by atoms with E-state index in [1.807, 2.05) is 6.07 Å². The van der Waals surface area contributed by atoms with Gasteiger partial charge in [-0.1, -0.05) is 75.8 Å². The molecule has 0 spiro atoms. The van der Waals surface area contributed by atoms with Gasteiger partial charge in [0.05, 0.1) is 6.54 Å². The highest BCUT2D eigenvalue weighted by Gasteiger charge is 2.26. The van der Waals surface area contributed by atoms with Crippen molar-refractivity contribution in [1.29, 1.82) is 0 Å². The molecular weight excluding hydrogens is 356 g/mol. The van der Waals surface area contributed by atoms with E-state index in [1.165, 1.54) is 43.4 Å². The Hall–Kier alpha value is -2.03. The normalized spacial score (nSPS) is 11.6. The molecule has 0 unspecified atom stereocenters. The number of hydrogen-bond acceptors (Lipinski definition) is 1. The molecule has 1 heterocycles. The third-order valence-electron chi connectivity index (χ3n) is 5.54. The highest BCUT2D eigenvalue weighted by Crippen LogP contribution is 2.21. The number of nitrogens with zero attached hydrogens (tertiary/aromatic N) is 2. The van der Waals surface area contributed by atoms with Crippen molar-refractivity contribution < 1.29 is 4.79 Å². The van der Waals surface area contributed by atoms with Crippen LogP contribution in [0.1, 0.15) is 90.3 Å². The van der Waals surface area contributed by atoms with Gasteiger partial charge >= 0.3 is 0 Å². The molecule has 0 radical (unpaired) electrons. The Kier molecular flexibility index (Phi) is 9.50. The fraction of sp³-hybridized carbons (Fsp3) is 0.577. The molecule has 2 rings (SSSR count). The van der Waals surface area contributed by atoms with E-state index in [0.29, 0.717) is 13.0 Å². The standard InChI is InChI=1S/C26H40N2O/c1-5-6-7-8-9-10-14-19-25(29)28(26(2,3)4)22-24-18-15-20-27(24)21-23-16-12-11-13-17-23/h11-13,15-18,20H,5-10,14,19,21-22H2,1-4H3. The zero-order valence-electron chi connectivity index (χ0n) is 19.0. The maximum atomic E-state index is 13.0. The SMILES string of the molecule is CCCCCCCCCC(=O)N(Cc1cccn1Cc1ccccc1)C(C)(C)C. The van der Waals surface area contributed by atoms with Crippen molar-refractivity contribution in [3.8, 4) is 0 Å². The lowest BCUT2D eigenvalue weighted by atomic mass is 10.0. The van der Waals surface area contributed by atoms with Gasteiger partial charge in [0.1, 0.15) is 0 Å². The zero-order chi connectivity index (χ0) is 21.1. The number of unbranched alkanes of at least 4 members (excludes halogenated alkanes) is 6. The second-order valence-corrected chi connectivity index (χ2v) is 9.14. The van der Waals surface area contributed by atoms with E-state index in [2.05, 4.69) is 79.8 Å². The highest BCUT2D eigenvalue weighted by molar-refractivity contribution is 5.76. The minimum Gasteiger partial charge on any atom is -0.345 e. The maximum absolute atomic E-state index is 13.0. The van der Waals surface area contributed by atoms with Crippen molar-refractivity contribution in [2.45, 2.75) is 97.7 Å². The molecule has 0 N–H and O–H groups in total. The van der Waals surface area contributed by atoms with Crippen LogP contribution in [0.4, 0.5) is 0 Å². The molecule has 1 amide bonds. The highest BCUT2D eigenvalue weighted by atomic mass is 16.2. The summed E-state index contributed by atoms with van der Waals surface area (Å²) in [6, 6.07) is 14.7. The van der Waals surface area contributed by atoms with Crippen LogP contribution < -0.4 is 0 Å². The number of aromatic nitrogens is 1. The summed E-state index contributed by atoms with van der Waals surface area (Å²) in [5.41, 5.74) is 2.29. The molecule has 29 heavy (non-hydrogen) atoms. The summed E-state index contributed by atoms with van der Waals surface area (Å²) < 4.78 is 2.26. The molecule has 0 saturated carbocycles. The van der Waals surface area contributed by atoms with Crippen LogP contribution in [-0.2, 0) is 17.9 Å². The second-order valence-electron chi connectivity index (χ2n) is 9.14. The summed E-state index contributed by atoms with van der Waals surface area (Å²) in [6.07, 6.45) is 11.4. The Balaban J connectivity index is 1.92. The van der Waals surface area contributed by atoms with Crippen molar-refractivity contribution in [3.05, 3.63) is 59.9 Å². The van der Waals surface area contributed by atoms with E-state index >= 15 is 0 Å². The zero-order valence-corrected chi connectivity index (χ0v) is 19.0. The van der Waals surface area contributed by atoms with Crippen LogP contribution in [0.5, 0.6) is 0 Å². The Bertz CT molecular complexity index is 712. The van der Waals surface area contributed by atoms with E-state index < -0.39 is 0 Å². The van der Waals surface area contributed by atoms with Crippen LogP contribution in [-0.4, -0.2) is 20.9 Å². The molecule has 0 aliphatic carbocycles. The summed E-state index contributed by atoms with van der Waals surface area (Å²) in [5, 5.41) is 0. The van der Waals surface area contributed by atoms with Crippen LogP contribution in [0.25, 0.3) is 0 Å². The van der Waals surface area contributed by atoms with Crippen LogP contribution in [0, 0.1) is 0 Å². The smallest absolute Gasteiger partial charge is 0.223 e. The van der Waals surface area contributed by atoms with E-state index in [4.69, 9.17) is 0 Å². The Morgan fingerprint density at radius 1 is 0.897 bits per heavy atom. The minimum atomic E-state index is -0.180. The molecule has 0 aliphatic heterocycles. The van der Waals surface area contributed by atoms with Gasteiger partial charge in [-0.15, -0.1) is 0 Å². The predicted molar refractivity (Wildman–Crippen MR) is 123 cm³/mol. The lowest BCUT2D eigenvalue weighted by Crippen LogP contribution is -2.45. The first-order valence-corrected chi connectivity index (χ1v) is 11.4. The third kappa shape index (κ3) is 8.08. The summed E-state index contributed by atoms with van der Waals surface area (Å²) in [5.74, 6) is 0.276.